The highest BCUT2D eigenvalue weighted by molar-refractivity contribution is 7.81. The molecule has 0 spiro atoms. The summed E-state index contributed by atoms with van der Waals surface area (Å²) in [5.74, 6) is 1.48. The molecule has 54 valence electrons. The summed E-state index contributed by atoms with van der Waals surface area (Å²) in [6.07, 6.45) is 5.26. The minimum atomic E-state index is 0.580. The molecule has 0 amide bonds. The Morgan fingerprint density at radius 2 is 2.00 bits per heavy atom. The van der Waals surface area contributed by atoms with Crippen LogP contribution in [0.3, 0.4) is 0 Å². The number of thiol groups is 1. The van der Waals surface area contributed by atoms with E-state index in [1.54, 1.807) is 0 Å². The van der Waals surface area contributed by atoms with E-state index in [1.165, 1.54) is 25.7 Å². The number of halogens is 1. The highest BCUT2D eigenvalue weighted by Gasteiger charge is 2.20. The van der Waals surface area contributed by atoms with Crippen LogP contribution in [-0.2, 0) is 0 Å². The van der Waals surface area contributed by atoms with Crippen LogP contribution >= 0.6 is 24.2 Å². The van der Waals surface area contributed by atoms with Gasteiger partial charge in [0.15, 0.2) is 0 Å². The van der Waals surface area contributed by atoms with Crippen molar-refractivity contribution in [2.45, 2.75) is 30.9 Å². The molecule has 1 saturated carbocycles. The monoisotopic (exact) mass is 164 g/mol. The van der Waals surface area contributed by atoms with Gasteiger partial charge in [-0.3, -0.25) is 0 Å². The normalized spacial score (nSPS) is 36.7. The topological polar surface area (TPSA) is 0 Å². The number of rotatable bonds is 1. The number of alkyl halides is 1. The zero-order valence-corrected chi connectivity index (χ0v) is 7.17. The van der Waals surface area contributed by atoms with E-state index in [1.807, 2.05) is 0 Å². The van der Waals surface area contributed by atoms with Gasteiger partial charge in [-0.25, -0.2) is 0 Å². The van der Waals surface area contributed by atoms with Crippen molar-refractivity contribution in [3.63, 3.8) is 0 Å². The Kier molecular flexibility index (Phi) is 3.20. The third kappa shape index (κ3) is 2.05. The van der Waals surface area contributed by atoms with Crippen LogP contribution in [0.25, 0.3) is 0 Å². The lowest BCUT2D eigenvalue weighted by Crippen LogP contribution is -2.20. The van der Waals surface area contributed by atoms with Crippen molar-refractivity contribution >= 4 is 24.2 Å². The molecule has 2 atom stereocenters. The van der Waals surface area contributed by atoms with Crippen molar-refractivity contribution in [1.82, 2.24) is 0 Å². The zero-order chi connectivity index (χ0) is 6.69. The Bertz CT molecular complexity index is 85.0. The van der Waals surface area contributed by atoms with Crippen LogP contribution < -0.4 is 0 Å². The summed E-state index contributed by atoms with van der Waals surface area (Å²) in [6, 6.07) is 0. The van der Waals surface area contributed by atoms with Crippen molar-refractivity contribution in [2.24, 2.45) is 5.92 Å². The lowest BCUT2D eigenvalue weighted by atomic mass is 9.90. The number of hydrogen-bond donors (Lipinski definition) is 1. The largest absolute Gasteiger partial charge is 0.176 e. The second kappa shape index (κ2) is 3.72. The van der Waals surface area contributed by atoms with Crippen LogP contribution in [0, 0.1) is 5.92 Å². The van der Waals surface area contributed by atoms with Crippen LogP contribution in [0.5, 0.6) is 0 Å². The van der Waals surface area contributed by atoms with Crippen molar-refractivity contribution in [3.8, 4) is 0 Å². The minimum Gasteiger partial charge on any atom is -0.176 e. The molecular formula is C7H13ClS. The predicted octanol–water partition coefficient (Wildman–Crippen LogP) is 2.71. The second-order valence-corrected chi connectivity index (χ2v) is 3.74. The third-order valence-electron chi connectivity index (χ3n) is 2.07. The molecule has 2 heteroatoms. The maximum Gasteiger partial charge on any atom is 0.0262 e. The fourth-order valence-corrected chi connectivity index (χ4v) is 2.30. The first kappa shape index (κ1) is 7.74. The van der Waals surface area contributed by atoms with Gasteiger partial charge in [0.1, 0.15) is 0 Å². The summed E-state index contributed by atoms with van der Waals surface area (Å²) in [4.78, 5) is 0. The van der Waals surface area contributed by atoms with Gasteiger partial charge in [0.05, 0.1) is 0 Å². The average molecular weight is 165 g/mol. The summed E-state index contributed by atoms with van der Waals surface area (Å²) in [6.45, 7) is 0. The Morgan fingerprint density at radius 1 is 1.33 bits per heavy atom. The van der Waals surface area contributed by atoms with E-state index in [0.717, 1.165) is 5.88 Å². The summed E-state index contributed by atoms with van der Waals surface area (Å²) < 4.78 is 0. The molecule has 9 heavy (non-hydrogen) atoms. The van der Waals surface area contributed by atoms with Crippen molar-refractivity contribution in [2.75, 3.05) is 5.88 Å². The molecule has 0 aliphatic heterocycles. The van der Waals surface area contributed by atoms with Crippen LogP contribution in [0.4, 0.5) is 0 Å². The van der Waals surface area contributed by atoms with Crippen molar-refractivity contribution in [3.05, 3.63) is 0 Å². The van der Waals surface area contributed by atoms with Crippen LogP contribution in [-0.4, -0.2) is 11.1 Å². The Hall–Kier alpha value is 0.640. The standard InChI is InChI=1S/C7H13ClS/c8-5-6-3-1-2-4-7(6)9/h6-7,9H,1-5H2/t6-,7+/m1/s1. The summed E-state index contributed by atoms with van der Waals surface area (Å²) in [7, 11) is 0. The van der Waals surface area contributed by atoms with E-state index in [-0.39, 0.29) is 0 Å². The smallest absolute Gasteiger partial charge is 0.0262 e. The predicted molar refractivity (Wildman–Crippen MR) is 45.5 cm³/mol. The molecule has 0 radical (unpaired) electrons. The van der Waals surface area contributed by atoms with Crippen molar-refractivity contribution in [1.29, 1.82) is 0 Å². The maximum atomic E-state index is 5.73. The fourth-order valence-electron chi connectivity index (χ4n) is 1.37. The van der Waals surface area contributed by atoms with Gasteiger partial charge < -0.3 is 0 Å². The van der Waals surface area contributed by atoms with Crippen LogP contribution in [0.15, 0.2) is 0 Å². The first-order valence-electron chi connectivity index (χ1n) is 3.58. The van der Waals surface area contributed by atoms with Gasteiger partial charge in [-0.1, -0.05) is 12.8 Å². The SMILES string of the molecule is S[C@H]1CCCC[C@@H]1CCl. The molecule has 0 N–H and O–H groups in total. The molecule has 1 aliphatic rings. The van der Waals surface area contributed by atoms with E-state index >= 15 is 0 Å². The fraction of sp³-hybridized carbons (Fsp3) is 1.00. The third-order valence-corrected chi connectivity index (χ3v) is 3.14. The molecule has 0 unspecified atom stereocenters. The molecule has 1 aliphatic carbocycles. The molecule has 0 saturated heterocycles. The molecule has 0 aromatic heterocycles. The van der Waals surface area contributed by atoms with E-state index in [4.69, 9.17) is 11.6 Å². The first-order chi connectivity index (χ1) is 4.34. The van der Waals surface area contributed by atoms with Gasteiger partial charge in [0.25, 0.3) is 0 Å². The van der Waals surface area contributed by atoms with E-state index in [0.29, 0.717) is 11.2 Å². The molecule has 0 heterocycles. The maximum absolute atomic E-state index is 5.73. The quantitative estimate of drug-likeness (QED) is 0.447. The van der Waals surface area contributed by atoms with E-state index < -0.39 is 0 Å². The molecule has 0 bridgehead atoms. The Labute approximate surface area is 67.4 Å². The van der Waals surface area contributed by atoms with Gasteiger partial charge in [0, 0.05) is 11.1 Å². The molecule has 1 rings (SSSR count). The summed E-state index contributed by atoms with van der Waals surface area (Å²) in [5.41, 5.74) is 0. The van der Waals surface area contributed by atoms with Gasteiger partial charge in [0.2, 0.25) is 0 Å². The average Bonchev–Trinajstić information content (AvgIpc) is 1.89. The first-order valence-corrected chi connectivity index (χ1v) is 4.63. The summed E-state index contributed by atoms with van der Waals surface area (Å²) >= 11 is 10.2. The lowest BCUT2D eigenvalue weighted by molar-refractivity contribution is 0.403. The molecule has 0 nitrogen and oxygen atoms in total. The molecule has 0 aromatic rings. The highest BCUT2D eigenvalue weighted by atomic mass is 35.5. The molecular weight excluding hydrogens is 152 g/mol. The van der Waals surface area contributed by atoms with Gasteiger partial charge in [-0.05, 0) is 18.8 Å². The second-order valence-electron chi connectivity index (χ2n) is 2.77. The van der Waals surface area contributed by atoms with Gasteiger partial charge >= 0.3 is 0 Å². The van der Waals surface area contributed by atoms with Gasteiger partial charge in [-0.2, -0.15) is 12.6 Å². The molecule has 1 fully saturated rings. The zero-order valence-electron chi connectivity index (χ0n) is 5.52. The minimum absolute atomic E-state index is 0.580. The Morgan fingerprint density at radius 3 is 2.44 bits per heavy atom. The number of hydrogen-bond acceptors (Lipinski definition) is 1. The van der Waals surface area contributed by atoms with E-state index in [9.17, 15) is 0 Å². The van der Waals surface area contributed by atoms with Crippen molar-refractivity contribution < 1.29 is 0 Å². The van der Waals surface area contributed by atoms with Crippen LogP contribution in [0.2, 0.25) is 0 Å². The summed E-state index contributed by atoms with van der Waals surface area (Å²) in [5, 5.41) is 0.580. The Balaban J connectivity index is 2.30. The molecule has 0 aromatic carbocycles. The van der Waals surface area contributed by atoms with Gasteiger partial charge in [-0.15, -0.1) is 11.6 Å². The van der Waals surface area contributed by atoms with E-state index in [2.05, 4.69) is 12.6 Å². The lowest BCUT2D eigenvalue weighted by Gasteiger charge is -2.25. The van der Waals surface area contributed by atoms with Crippen LogP contribution in [0.1, 0.15) is 25.7 Å². The highest BCUT2D eigenvalue weighted by Crippen LogP contribution is 2.28.